The van der Waals surface area contributed by atoms with Gasteiger partial charge in [0.05, 0.1) is 6.54 Å². The maximum atomic E-state index is 11.8. The Morgan fingerprint density at radius 1 is 1.44 bits per heavy atom. The van der Waals surface area contributed by atoms with E-state index in [4.69, 9.17) is 5.73 Å². The first kappa shape index (κ1) is 13.5. The van der Waals surface area contributed by atoms with Gasteiger partial charge in [0.15, 0.2) is 0 Å². The maximum absolute atomic E-state index is 11.8. The lowest BCUT2D eigenvalue weighted by Gasteiger charge is -2.05. The average Bonchev–Trinajstić information content (AvgIpc) is 2.99. The van der Waals surface area contributed by atoms with Gasteiger partial charge >= 0.3 is 0 Å². The summed E-state index contributed by atoms with van der Waals surface area (Å²) in [6.45, 7) is 0.0804. The van der Waals surface area contributed by atoms with Crippen LogP contribution in [0.3, 0.4) is 0 Å². The topological polar surface area (TPSA) is 101 Å². The molecule has 0 radical (unpaired) electrons. The van der Waals surface area contributed by atoms with E-state index in [1.54, 1.807) is 6.07 Å². The summed E-state index contributed by atoms with van der Waals surface area (Å²) in [5.74, 6) is -0.295. The smallest absolute Gasteiger partial charge is 0.250 e. The zero-order chi connectivity index (χ0) is 13.2. The van der Waals surface area contributed by atoms with Crippen molar-refractivity contribution in [1.82, 2.24) is 10.0 Å². The molecule has 1 aliphatic carbocycles. The molecule has 1 aromatic heterocycles. The van der Waals surface area contributed by atoms with Crippen molar-refractivity contribution in [2.24, 2.45) is 5.73 Å². The highest BCUT2D eigenvalue weighted by Crippen LogP contribution is 2.21. The first-order valence-electron chi connectivity index (χ1n) is 5.59. The van der Waals surface area contributed by atoms with E-state index in [1.807, 2.05) is 0 Å². The number of hydrogen-bond acceptors (Lipinski definition) is 5. The zero-order valence-corrected chi connectivity index (χ0v) is 11.3. The summed E-state index contributed by atoms with van der Waals surface area (Å²) >= 11 is 1.11. The average molecular weight is 289 g/mol. The number of hydrogen-bond donors (Lipinski definition) is 3. The number of sulfonamides is 1. The third kappa shape index (κ3) is 3.52. The lowest BCUT2D eigenvalue weighted by atomic mass is 10.5. The van der Waals surface area contributed by atoms with Gasteiger partial charge in [0.25, 0.3) is 10.0 Å². The third-order valence-corrected chi connectivity index (χ3v) is 5.47. The molecule has 100 valence electrons. The Bertz CT molecular complexity index is 534. The second kappa shape index (κ2) is 5.35. The van der Waals surface area contributed by atoms with Crippen LogP contribution in [0.2, 0.25) is 0 Å². The van der Waals surface area contributed by atoms with Crippen molar-refractivity contribution in [3.05, 3.63) is 17.0 Å². The lowest BCUT2D eigenvalue weighted by molar-refractivity contribution is -0.120. The van der Waals surface area contributed by atoms with Gasteiger partial charge in [-0.1, -0.05) is 0 Å². The largest absolute Gasteiger partial charge is 0.352 e. The van der Waals surface area contributed by atoms with Gasteiger partial charge in [0.1, 0.15) is 4.21 Å². The van der Waals surface area contributed by atoms with Crippen LogP contribution in [0.5, 0.6) is 0 Å². The number of rotatable bonds is 6. The molecule has 4 N–H and O–H groups in total. The number of carbonyl (C=O) groups excluding carboxylic acids is 1. The lowest BCUT2D eigenvalue weighted by Crippen LogP contribution is -2.37. The minimum Gasteiger partial charge on any atom is -0.352 e. The van der Waals surface area contributed by atoms with E-state index in [-0.39, 0.29) is 22.7 Å². The highest BCUT2D eigenvalue weighted by Gasteiger charge is 2.24. The molecule has 0 spiro atoms. The molecule has 6 nitrogen and oxygen atoms in total. The second-order valence-electron chi connectivity index (χ2n) is 4.09. The van der Waals surface area contributed by atoms with Gasteiger partial charge in [-0.2, -0.15) is 0 Å². The molecule has 1 amide bonds. The Kier molecular flexibility index (Phi) is 4.00. The molecule has 0 aliphatic heterocycles. The van der Waals surface area contributed by atoms with Crippen molar-refractivity contribution in [2.75, 3.05) is 6.54 Å². The fraction of sp³-hybridized carbons (Fsp3) is 0.500. The first-order valence-corrected chi connectivity index (χ1v) is 7.89. The number of carbonyl (C=O) groups is 1. The molecule has 1 fully saturated rings. The van der Waals surface area contributed by atoms with Crippen LogP contribution in [-0.4, -0.2) is 26.9 Å². The van der Waals surface area contributed by atoms with Crippen molar-refractivity contribution in [3.8, 4) is 0 Å². The Morgan fingerprint density at radius 3 is 2.72 bits per heavy atom. The van der Waals surface area contributed by atoms with Crippen LogP contribution in [0.25, 0.3) is 0 Å². The Labute approximate surface area is 110 Å². The summed E-state index contributed by atoms with van der Waals surface area (Å²) < 4.78 is 26.1. The van der Waals surface area contributed by atoms with Gasteiger partial charge in [-0.15, -0.1) is 11.3 Å². The molecule has 0 atom stereocenters. The van der Waals surface area contributed by atoms with E-state index >= 15 is 0 Å². The maximum Gasteiger partial charge on any atom is 0.250 e. The molecule has 0 saturated heterocycles. The van der Waals surface area contributed by atoms with Gasteiger partial charge in [-0.3, -0.25) is 4.79 Å². The van der Waals surface area contributed by atoms with Gasteiger partial charge in [0.2, 0.25) is 5.91 Å². The Hall–Kier alpha value is -0.960. The van der Waals surface area contributed by atoms with Crippen molar-refractivity contribution < 1.29 is 13.2 Å². The predicted molar refractivity (Wildman–Crippen MR) is 68.6 cm³/mol. The number of nitrogens with two attached hydrogens (primary N) is 1. The number of thiophene rings is 1. The third-order valence-electron chi connectivity index (χ3n) is 2.47. The van der Waals surface area contributed by atoms with Crippen molar-refractivity contribution in [1.29, 1.82) is 0 Å². The summed E-state index contributed by atoms with van der Waals surface area (Å²) in [5.41, 5.74) is 5.42. The van der Waals surface area contributed by atoms with Gasteiger partial charge in [0, 0.05) is 17.5 Å². The van der Waals surface area contributed by atoms with Crippen LogP contribution in [0.4, 0.5) is 0 Å². The van der Waals surface area contributed by atoms with Crippen molar-refractivity contribution >= 4 is 27.3 Å². The minimum absolute atomic E-state index is 0.183. The molecule has 1 aromatic rings. The van der Waals surface area contributed by atoms with Crippen LogP contribution in [0, 0.1) is 0 Å². The van der Waals surface area contributed by atoms with Gasteiger partial charge in [-0.25, -0.2) is 13.1 Å². The van der Waals surface area contributed by atoms with Gasteiger partial charge in [-0.05, 0) is 25.0 Å². The van der Waals surface area contributed by atoms with Crippen LogP contribution >= 0.6 is 11.3 Å². The highest BCUT2D eigenvalue weighted by molar-refractivity contribution is 7.91. The SMILES string of the molecule is NCc1ccc(S(=O)(=O)NCC(=O)NC2CC2)s1. The molecule has 0 unspecified atom stereocenters. The molecular weight excluding hydrogens is 274 g/mol. The van der Waals surface area contributed by atoms with Crippen LogP contribution < -0.4 is 15.8 Å². The van der Waals surface area contributed by atoms with Crippen LogP contribution in [-0.2, 0) is 21.4 Å². The van der Waals surface area contributed by atoms with E-state index in [0.717, 1.165) is 29.1 Å². The van der Waals surface area contributed by atoms with E-state index in [0.29, 0.717) is 6.54 Å². The molecule has 18 heavy (non-hydrogen) atoms. The van der Waals surface area contributed by atoms with E-state index in [9.17, 15) is 13.2 Å². The normalized spacial score (nSPS) is 15.6. The van der Waals surface area contributed by atoms with E-state index < -0.39 is 10.0 Å². The Balaban J connectivity index is 1.91. The second-order valence-corrected chi connectivity index (χ2v) is 7.25. The van der Waals surface area contributed by atoms with Crippen molar-refractivity contribution in [2.45, 2.75) is 29.6 Å². The molecule has 8 heteroatoms. The first-order chi connectivity index (χ1) is 8.51. The summed E-state index contributed by atoms with van der Waals surface area (Å²) in [6.07, 6.45) is 1.95. The van der Waals surface area contributed by atoms with Crippen LogP contribution in [0.15, 0.2) is 16.3 Å². The number of nitrogens with one attached hydrogen (secondary N) is 2. The molecule has 0 bridgehead atoms. The zero-order valence-electron chi connectivity index (χ0n) is 9.68. The van der Waals surface area contributed by atoms with Crippen molar-refractivity contribution in [3.63, 3.8) is 0 Å². The highest BCUT2D eigenvalue weighted by atomic mass is 32.2. The quantitative estimate of drug-likeness (QED) is 0.673. The molecule has 1 heterocycles. The fourth-order valence-corrected chi connectivity index (χ4v) is 3.61. The Morgan fingerprint density at radius 2 is 2.17 bits per heavy atom. The fourth-order valence-electron chi connectivity index (χ4n) is 1.35. The van der Waals surface area contributed by atoms with E-state index in [2.05, 4.69) is 10.0 Å². The summed E-state index contributed by atoms with van der Waals surface area (Å²) in [5, 5.41) is 2.71. The monoisotopic (exact) mass is 289 g/mol. The summed E-state index contributed by atoms with van der Waals surface area (Å²) in [7, 11) is -3.61. The van der Waals surface area contributed by atoms with Crippen LogP contribution in [0.1, 0.15) is 17.7 Å². The molecule has 1 aliphatic rings. The standard InChI is InChI=1S/C10H15N3O3S2/c11-5-8-3-4-10(17-8)18(15,16)12-6-9(14)13-7-1-2-7/h3-4,7,12H,1-2,5-6,11H2,(H,13,14). The minimum atomic E-state index is -3.61. The summed E-state index contributed by atoms with van der Waals surface area (Å²) in [6, 6.07) is 3.39. The molecular formula is C10H15N3O3S2. The molecule has 0 aromatic carbocycles. The predicted octanol–water partition coefficient (Wildman–Crippen LogP) is -0.236. The summed E-state index contributed by atoms with van der Waals surface area (Å²) in [4.78, 5) is 12.2. The molecule has 2 rings (SSSR count). The van der Waals surface area contributed by atoms with Gasteiger partial charge < -0.3 is 11.1 Å². The number of amides is 1. The molecule has 1 saturated carbocycles. The van der Waals surface area contributed by atoms with E-state index in [1.165, 1.54) is 6.07 Å².